The molecule has 0 fully saturated rings. The number of ether oxygens (including phenoxy) is 2. The molecule has 16 heavy (non-hydrogen) atoms. The molecule has 0 radical (unpaired) electrons. The van der Waals surface area contributed by atoms with Crippen molar-refractivity contribution < 1.29 is 22.8 Å². The van der Waals surface area contributed by atoms with Gasteiger partial charge in [-0.05, 0) is 27.7 Å². The van der Waals surface area contributed by atoms with Gasteiger partial charge in [0, 0.05) is 33.0 Å². The normalized spacial score (nSPS) is 12.4. The van der Waals surface area contributed by atoms with E-state index in [-0.39, 0.29) is 0 Å². The first kappa shape index (κ1) is 16.0. The fourth-order valence-electron chi connectivity index (χ4n) is 1.20. The molecule has 0 N–H and O–H groups in total. The van der Waals surface area contributed by atoms with Gasteiger partial charge in [-0.3, -0.25) is 0 Å². The van der Waals surface area contributed by atoms with E-state index in [1.165, 1.54) is 0 Å². The van der Waals surface area contributed by atoms with Gasteiger partial charge in [-0.25, -0.2) is 0 Å². The highest BCUT2D eigenvalue weighted by Crippen LogP contribution is 2.13. The molecule has 0 atom stereocenters. The maximum Gasteiger partial charge on any atom is 0.501 e. The van der Waals surface area contributed by atoms with Crippen LogP contribution in [0.2, 0.25) is 6.55 Å². The van der Waals surface area contributed by atoms with Crippen LogP contribution in [0, 0.1) is 0 Å². The van der Waals surface area contributed by atoms with Crippen LogP contribution in [-0.2, 0) is 22.8 Å². The van der Waals surface area contributed by atoms with Crippen LogP contribution in [0.25, 0.3) is 0 Å². The van der Waals surface area contributed by atoms with Gasteiger partial charge in [-0.15, -0.1) is 0 Å². The Morgan fingerprint density at radius 1 is 0.812 bits per heavy atom. The van der Waals surface area contributed by atoms with Crippen molar-refractivity contribution in [3.63, 3.8) is 0 Å². The molecular formula is C10H24O5Si. The van der Waals surface area contributed by atoms with Gasteiger partial charge < -0.3 is 22.8 Å². The predicted octanol–water partition coefficient (Wildman–Crippen LogP) is 2.00. The van der Waals surface area contributed by atoms with E-state index in [1.807, 2.05) is 34.2 Å². The Hall–Kier alpha value is 0.0169. The molecule has 0 aliphatic heterocycles. The summed E-state index contributed by atoms with van der Waals surface area (Å²) in [6, 6.07) is 0. The Morgan fingerprint density at radius 3 is 1.56 bits per heavy atom. The summed E-state index contributed by atoms with van der Waals surface area (Å²) < 4.78 is 27.3. The molecule has 0 saturated carbocycles. The predicted molar refractivity (Wildman–Crippen MR) is 63.0 cm³/mol. The van der Waals surface area contributed by atoms with Crippen molar-refractivity contribution in [2.45, 2.75) is 40.7 Å². The monoisotopic (exact) mass is 252 g/mol. The summed E-state index contributed by atoms with van der Waals surface area (Å²) in [5.74, 6) is 0. The summed E-state index contributed by atoms with van der Waals surface area (Å²) in [4.78, 5) is 0. The van der Waals surface area contributed by atoms with Gasteiger partial charge in [-0.1, -0.05) is 0 Å². The molecule has 0 heterocycles. The Labute approximate surface area is 99.3 Å². The molecule has 0 unspecified atom stereocenters. The standard InChI is InChI=1S/C10H24O5Si/c1-6-11-10(12-7-2)15-16(5,13-8-3)14-9-4/h10H,6-9H2,1-5H3. The van der Waals surface area contributed by atoms with E-state index in [0.717, 1.165) is 0 Å². The van der Waals surface area contributed by atoms with E-state index < -0.39 is 15.3 Å². The second-order valence-electron chi connectivity index (χ2n) is 3.05. The summed E-state index contributed by atoms with van der Waals surface area (Å²) in [6.07, 6.45) is 0. The minimum atomic E-state index is -2.64. The average molecular weight is 252 g/mol. The van der Waals surface area contributed by atoms with Gasteiger partial charge in [0.2, 0.25) is 0 Å². The van der Waals surface area contributed by atoms with Crippen molar-refractivity contribution >= 4 is 8.80 Å². The zero-order valence-corrected chi connectivity index (χ0v) is 11.9. The van der Waals surface area contributed by atoms with Gasteiger partial charge in [0.05, 0.1) is 0 Å². The summed E-state index contributed by atoms with van der Waals surface area (Å²) in [6.45, 7) is 10.9. The lowest BCUT2D eigenvalue weighted by Gasteiger charge is -2.29. The van der Waals surface area contributed by atoms with Crippen molar-refractivity contribution in [1.82, 2.24) is 0 Å². The van der Waals surface area contributed by atoms with Gasteiger partial charge >= 0.3 is 8.80 Å². The van der Waals surface area contributed by atoms with Crippen molar-refractivity contribution in [3.8, 4) is 0 Å². The highest BCUT2D eigenvalue weighted by molar-refractivity contribution is 6.59. The van der Waals surface area contributed by atoms with E-state index >= 15 is 0 Å². The van der Waals surface area contributed by atoms with Gasteiger partial charge in [0.15, 0.2) is 0 Å². The smallest absolute Gasteiger partial charge is 0.374 e. The highest BCUT2D eigenvalue weighted by atomic mass is 28.4. The highest BCUT2D eigenvalue weighted by Gasteiger charge is 2.37. The van der Waals surface area contributed by atoms with Crippen LogP contribution in [-0.4, -0.2) is 41.7 Å². The third-order valence-electron chi connectivity index (χ3n) is 1.73. The topological polar surface area (TPSA) is 46.2 Å². The maximum atomic E-state index is 5.65. The lowest BCUT2D eigenvalue weighted by Crippen LogP contribution is -2.47. The first-order valence-corrected chi connectivity index (χ1v) is 8.03. The van der Waals surface area contributed by atoms with Crippen LogP contribution in [0.5, 0.6) is 0 Å². The molecule has 98 valence electrons. The van der Waals surface area contributed by atoms with E-state index in [2.05, 4.69) is 0 Å². The average Bonchev–Trinajstić information content (AvgIpc) is 2.18. The first-order chi connectivity index (χ1) is 7.61. The summed E-state index contributed by atoms with van der Waals surface area (Å²) in [7, 11) is -2.64. The van der Waals surface area contributed by atoms with Crippen LogP contribution in [0.15, 0.2) is 0 Å². The lowest BCUT2D eigenvalue weighted by molar-refractivity contribution is -0.261. The SMILES string of the molecule is CCOC(OCC)O[Si](C)(OCC)OCC. The van der Waals surface area contributed by atoms with Crippen molar-refractivity contribution in [2.75, 3.05) is 26.4 Å². The molecule has 0 aromatic heterocycles. The fraction of sp³-hybridized carbons (Fsp3) is 1.00. The molecule has 0 spiro atoms. The molecule has 0 amide bonds. The summed E-state index contributed by atoms with van der Waals surface area (Å²) in [5.41, 5.74) is 0. The third-order valence-corrected chi connectivity index (χ3v) is 3.98. The molecule has 6 heteroatoms. The number of hydrogen-bond acceptors (Lipinski definition) is 5. The van der Waals surface area contributed by atoms with Crippen molar-refractivity contribution in [1.29, 1.82) is 0 Å². The fourth-order valence-corrected chi connectivity index (χ4v) is 2.95. The molecule has 0 aromatic rings. The second kappa shape index (κ2) is 9.09. The zero-order chi connectivity index (χ0) is 12.4. The molecule has 0 bridgehead atoms. The van der Waals surface area contributed by atoms with Crippen LogP contribution >= 0.6 is 0 Å². The first-order valence-electron chi connectivity index (χ1n) is 5.80. The lowest BCUT2D eigenvalue weighted by atomic mass is 10.8. The molecule has 0 rings (SSSR count). The van der Waals surface area contributed by atoms with E-state index in [0.29, 0.717) is 26.4 Å². The molecule has 0 aliphatic rings. The van der Waals surface area contributed by atoms with Crippen LogP contribution in [0.4, 0.5) is 0 Å². The minimum Gasteiger partial charge on any atom is -0.374 e. The molecule has 0 saturated heterocycles. The van der Waals surface area contributed by atoms with Crippen LogP contribution in [0.3, 0.4) is 0 Å². The van der Waals surface area contributed by atoms with Gasteiger partial charge in [0.1, 0.15) is 0 Å². The molecule has 5 nitrogen and oxygen atoms in total. The second-order valence-corrected chi connectivity index (χ2v) is 5.58. The Bertz CT molecular complexity index is 155. The van der Waals surface area contributed by atoms with Crippen molar-refractivity contribution in [2.24, 2.45) is 0 Å². The zero-order valence-electron chi connectivity index (χ0n) is 10.9. The number of rotatable bonds is 10. The third kappa shape index (κ3) is 6.57. The van der Waals surface area contributed by atoms with Crippen LogP contribution in [0.1, 0.15) is 27.7 Å². The summed E-state index contributed by atoms with van der Waals surface area (Å²) >= 11 is 0. The molecule has 0 aliphatic carbocycles. The van der Waals surface area contributed by atoms with Crippen LogP contribution < -0.4 is 0 Å². The molecule has 0 aromatic carbocycles. The quantitative estimate of drug-likeness (QED) is 0.439. The Balaban J connectivity index is 4.30. The largest absolute Gasteiger partial charge is 0.501 e. The van der Waals surface area contributed by atoms with E-state index in [4.69, 9.17) is 22.8 Å². The van der Waals surface area contributed by atoms with Gasteiger partial charge in [0.25, 0.3) is 6.48 Å². The van der Waals surface area contributed by atoms with Gasteiger partial charge in [-0.2, -0.15) is 0 Å². The molecular weight excluding hydrogens is 228 g/mol. The van der Waals surface area contributed by atoms with Crippen molar-refractivity contribution in [3.05, 3.63) is 0 Å². The number of hydrogen-bond donors (Lipinski definition) is 0. The Kier molecular flexibility index (Phi) is 9.10. The Morgan fingerprint density at radius 2 is 1.25 bits per heavy atom. The minimum absolute atomic E-state index is 0.521. The summed E-state index contributed by atoms with van der Waals surface area (Å²) in [5, 5.41) is 0. The van der Waals surface area contributed by atoms with E-state index in [9.17, 15) is 0 Å². The maximum absolute atomic E-state index is 5.65. The van der Waals surface area contributed by atoms with E-state index in [1.54, 1.807) is 0 Å².